The molecule has 0 spiro atoms. The first-order valence-corrected chi connectivity index (χ1v) is 8.53. The number of aliphatic hydroxyl groups is 1. The summed E-state index contributed by atoms with van der Waals surface area (Å²) in [4.78, 5) is 3.21. The van der Waals surface area contributed by atoms with Crippen LogP contribution in [0.3, 0.4) is 0 Å². The standard InChI is InChI=1S/C18H15N3O2S/c22-10-12-5-7-13(8-6-12)11-24-18-21-20-17(23-18)15-9-19-16-4-2-1-3-14(15)16/h1-9,19,22H,10-11H2. The highest BCUT2D eigenvalue weighted by Gasteiger charge is 2.13. The van der Waals surface area contributed by atoms with Crippen molar-refractivity contribution in [3.63, 3.8) is 0 Å². The second-order valence-electron chi connectivity index (χ2n) is 5.38. The van der Waals surface area contributed by atoms with Crippen molar-refractivity contribution in [1.82, 2.24) is 15.2 Å². The van der Waals surface area contributed by atoms with Crippen LogP contribution in [0, 0.1) is 0 Å². The number of hydrogen-bond donors (Lipinski definition) is 2. The van der Waals surface area contributed by atoms with Crippen LogP contribution < -0.4 is 0 Å². The number of nitrogens with zero attached hydrogens (tertiary/aromatic N) is 2. The van der Waals surface area contributed by atoms with Gasteiger partial charge in [-0.1, -0.05) is 54.2 Å². The first kappa shape index (κ1) is 15.0. The lowest BCUT2D eigenvalue weighted by molar-refractivity contribution is 0.282. The van der Waals surface area contributed by atoms with Crippen molar-refractivity contribution in [2.45, 2.75) is 17.6 Å². The topological polar surface area (TPSA) is 74.9 Å². The van der Waals surface area contributed by atoms with Gasteiger partial charge in [-0.2, -0.15) is 0 Å². The van der Waals surface area contributed by atoms with E-state index in [0.29, 0.717) is 11.1 Å². The third-order valence-electron chi connectivity index (χ3n) is 3.79. The summed E-state index contributed by atoms with van der Waals surface area (Å²) in [6.45, 7) is 0.0606. The molecule has 2 N–H and O–H groups in total. The average Bonchev–Trinajstić information content (AvgIpc) is 3.27. The van der Waals surface area contributed by atoms with Crippen molar-refractivity contribution in [3.8, 4) is 11.5 Å². The highest BCUT2D eigenvalue weighted by molar-refractivity contribution is 7.98. The van der Waals surface area contributed by atoms with Gasteiger partial charge in [-0.3, -0.25) is 0 Å². The first-order chi connectivity index (χ1) is 11.8. The SMILES string of the molecule is OCc1ccc(CSc2nnc(-c3c[nH]c4ccccc34)o2)cc1. The molecule has 4 rings (SSSR count). The van der Waals surface area contributed by atoms with E-state index in [4.69, 9.17) is 9.52 Å². The number of fused-ring (bicyclic) bond motifs is 1. The largest absolute Gasteiger partial charge is 0.411 e. The molecule has 4 aromatic rings. The van der Waals surface area contributed by atoms with E-state index < -0.39 is 0 Å². The summed E-state index contributed by atoms with van der Waals surface area (Å²) in [7, 11) is 0. The summed E-state index contributed by atoms with van der Waals surface area (Å²) < 4.78 is 5.78. The van der Waals surface area contributed by atoms with E-state index in [1.165, 1.54) is 11.8 Å². The third-order valence-corrected chi connectivity index (χ3v) is 4.68. The Labute approximate surface area is 142 Å². The Kier molecular flexibility index (Phi) is 4.06. The summed E-state index contributed by atoms with van der Waals surface area (Å²) in [5.41, 5.74) is 4.01. The zero-order chi connectivity index (χ0) is 16.4. The van der Waals surface area contributed by atoms with Gasteiger partial charge in [-0.25, -0.2) is 0 Å². The number of benzene rings is 2. The van der Waals surface area contributed by atoms with E-state index in [2.05, 4.69) is 15.2 Å². The zero-order valence-electron chi connectivity index (χ0n) is 12.8. The predicted octanol–water partition coefficient (Wildman–Crippen LogP) is 4.00. The lowest BCUT2D eigenvalue weighted by Gasteiger charge is -2.00. The quantitative estimate of drug-likeness (QED) is 0.538. The Hall–Kier alpha value is -2.57. The molecule has 0 bridgehead atoms. The van der Waals surface area contributed by atoms with E-state index in [1.54, 1.807) is 0 Å². The van der Waals surface area contributed by atoms with E-state index in [0.717, 1.165) is 33.3 Å². The van der Waals surface area contributed by atoms with Gasteiger partial charge in [0.15, 0.2) is 0 Å². The van der Waals surface area contributed by atoms with Crippen LogP contribution in [0.5, 0.6) is 0 Å². The molecule has 0 atom stereocenters. The molecule has 5 nitrogen and oxygen atoms in total. The third kappa shape index (κ3) is 2.93. The smallest absolute Gasteiger partial charge is 0.277 e. The molecule has 0 aliphatic rings. The van der Waals surface area contributed by atoms with Gasteiger partial charge in [-0.05, 0) is 17.2 Å². The maximum Gasteiger partial charge on any atom is 0.277 e. The number of aliphatic hydroxyl groups excluding tert-OH is 1. The first-order valence-electron chi connectivity index (χ1n) is 7.55. The minimum absolute atomic E-state index is 0.0606. The number of aromatic nitrogens is 3. The van der Waals surface area contributed by atoms with Crippen molar-refractivity contribution < 1.29 is 9.52 Å². The summed E-state index contributed by atoms with van der Waals surface area (Å²) in [6.07, 6.45) is 1.89. The molecule has 2 aromatic heterocycles. The maximum absolute atomic E-state index is 9.06. The molecule has 0 aliphatic carbocycles. The molecule has 0 saturated heterocycles. The molecule has 0 unspecified atom stereocenters. The molecular weight excluding hydrogens is 322 g/mol. The van der Waals surface area contributed by atoms with E-state index >= 15 is 0 Å². The number of thioether (sulfide) groups is 1. The molecule has 2 aromatic carbocycles. The van der Waals surface area contributed by atoms with Crippen LogP contribution in [0.1, 0.15) is 11.1 Å². The molecule has 0 radical (unpaired) electrons. The summed E-state index contributed by atoms with van der Waals surface area (Å²) >= 11 is 1.50. The summed E-state index contributed by atoms with van der Waals surface area (Å²) in [5.74, 6) is 1.26. The van der Waals surface area contributed by atoms with Crippen molar-refractivity contribution in [1.29, 1.82) is 0 Å². The predicted molar refractivity (Wildman–Crippen MR) is 93.5 cm³/mol. The second kappa shape index (κ2) is 6.51. The van der Waals surface area contributed by atoms with Gasteiger partial charge < -0.3 is 14.5 Å². The van der Waals surface area contributed by atoms with Gasteiger partial charge in [0.05, 0.1) is 12.2 Å². The van der Waals surface area contributed by atoms with Gasteiger partial charge in [0, 0.05) is 22.9 Å². The number of H-pyrrole nitrogens is 1. The minimum atomic E-state index is 0.0606. The second-order valence-corrected chi connectivity index (χ2v) is 6.31. The Balaban J connectivity index is 1.50. The molecule has 0 saturated carbocycles. The van der Waals surface area contributed by atoms with Gasteiger partial charge in [0.1, 0.15) is 0 Å². The Morgan fingerprint density at radius 1 is 1.00 bits per heavy atom. The van der Waals surface area contributed by atoms with Crippen molar-refractivity contribution in [3.05, 3.63) is 65.9 Å². The van der Waals surface area contributed by atoms with Crippen LogP contribution in [-0.4, -0.2) is 20.3 Å². The Morgan fingerprint density at radius 2 is 1.79 bits per heavy atom. The van der Waals surface area contributed by atoms with Crippen molar-refractivity contribution >= 4 is 22.7 Å². The van der Waals surface area contributed by atoms with Gasteiger partial charge >= 0.3 is 0 Å². The number of aromatic amines is 1. The van der Waals surface area contributed by atoms with Crippen molar-refractivity contribution in [2.75, 3.05) is 0 Å². The Morgan fingerprint density at radius 3 is 2.62 bits per heavy atom. The monoisotopic (exact) mass is 337 g/mol. The highest BCUT2D eigenvalue weighted by Crippen LogP contribution is 2.30. The van der Waals surface area contributed by atoms with E-state index in [-0.39, 0.29) is 6.61 Å². The molecule has 120 valence electrons. The van der Waals surface area contributed by atoms with Gasteiger partial charge in [0.2, 0.25) is 0 Å². The highest BCUT2D eigenvalue weighted by atomic mass is 32.2. The molecule has 0 aliphatic heterocycles. The molecule has 2 heterocycles. The molecule has 6 heteroatoms. The fraction of sp³-hybridized carbons (Fsp3) is 0.111. The van der Waals surface area contributed by atoms with Crippen molar-refractivity contribution in [2.24, 2.45) is 0 Å². The molecular formula is C18H15N3O2S. The fourth-order valence-electron chi connectivity index (χ4n) is 2.51. The minimum Gasteiger partial charge on any atom is -0.411 e. The summed E-state index contributed by atoms with van der Waals surface area (Å²) in [6, 6.07) is 15.8. The molecule has 0 amide bonds. The van der Waals surface area contributed by atoms with Crippen LogP contribution in [0.25, 0.3) is 22.4 Å². The van der Waals surface area contributed by atoms with Crippen LogP contribution in [-0.2, 0) is 12.4 Å². The fourth-order valence-corrected chi connectivity index (χ4v) is 3.23. The molecule has 0 fully saturated rings. The number of hydrogen-bond acceptors (Lipinski definition) is 5. The zero-order valence-corrected chi connectivity index (χ0v) is 13.6. The van der Waals surface area contributed by atoms with E-state index in [1.807, 2.05) is 54.7 Å². The number of para-hydroxylation sites is 1. The van der Waals surface area contributed by atoms with Crippen LogP contribution in [0.2, 0.25) is 0 Å². The van der Waals surface area contributed by atoms with Gasteiger partial charge in [0.25, 0.3) is 11.1 Å². The normalized spacial score (nSPS) is 11.2. The van der Waals surface area contributed by atoms with Gasteiger partial charge in [-0.15, -0.1) is 10.2 Å². The molecule has 24 heavy (non-hydrogen) atoms. The lowest BCUT2D eigenvalue weighted by atomic mass is 10.2. The summed E-state index contributed by atoms with van der Waals surface area (Å²) in [5, 5.41) is 19.0. The lowest BCUT2D eigenvalue weighted by Crippen LogP contribution is -1.85. The van der Waals surface area contributed by atoms with E-state index in [9.17, 15) is 0 Å². The van der Waals surface area contributed by atoms with Crippen LogP contribution in [0.4, 0.5) is 0 Å². The number of rotatable bonds is 5. The Bertz CT molecular complexity index is 960. The maximum atomic E-state index is 9.06. The van der Waals surface area contributed by atoms with Crippen LogP contribution in [0.15, 0.2) is 64.4 Å². The number of nitrogens with one attached hydrogen (secondary N) is 1. The average molecular weight is 337 g/mol. The van der Waals surface area contributed by atoms with Crippen LogP contribution >= 0.6 is 11.8 Å².